The Labute approximate surface area is 158 Å². The van der Waals surface area contributed by atoms with E-state index in [0.29, 0.717) is 16.1 Å². The van der Waals surface area contributed by atoms with Gasteiger partial charge in [-0.15, -0.1) is 10.2 Å². The van der Waals surface area contributed by atoms with Gasteiger partial charge in [0.1, 0.15) is 0 Å². The second kappa shape index (κ2) is 7.58. The third-order valence-electron chi connectivity index (χ3n) is 3.31. The van der Waals surface area contributed by atoms with Crippen LogP contribution in [0, 0.1) is 0 Å². The average molecular weight is 410 g/mol. The van der Waals surface area contributed by atoms with Crippen molar-refractivity contribution in [3.8, 4) is 11.5 Å². The van der Waals surface area contributed by atoms with Crippen LogP contribution in [0.15, 0.2) is 63.1 Å². The fourth-order valence-electron chi connectivity index (χ4n) is 2.04. The van der Waals surface area contributed by atoms with E-state index < -0.39 is 10.0 Å². The maximum Gasteiger partial charge on any atom is 0.277 e. The Morgan fingerprint density at radius 2 is 1.88 bits per heavy atom. The van der Waals surface area contributed by atoms with Gasteiger partial charge in [0.25, 0.3) is 5.22 Å². The number of benzene rings is 2. The molecule has 10 heteroatoms. The lowest BCUT2D eigenvalue weighted by Gasteiger charge is -2.00. The number of thioether (sulfide) groups is 1. The summed E-state index contributed by atoms with van der Waals surface area (Å²) >= 11 is 6.97. The van der Waals surface area contributed by atoms with Gasteiger partial charge in [0.15, 0.2) is 5.78 Å². The summed E-state index contributed by atoms with van der Waals surface area (Å²) in [5.74, 6) is 0.213. The zero-order valence-electron chi connectivity index (χ0n) is 13.1. The van der Waals surface area contributed by atoms with Gasteiger partial charge < -0.3 is 4.42 Å². The smallest absolute Gasteiger partial charge is 0.277 e. The number of Topliss-reactive ketones (excluding diaryl/α,β-unsaturated/α-hetero) is 1. The minimum absolute atomic E-state index is 0.0116. The van der Waals surface area contributed by atoms with Crippen LogP contribution in [-0.2, 0) is 10.0 Å². The molecular formula is C16H12ClN3O4S2. The van der Waals surface area contributed by atoms with E-state index >= 15 is 0 Å². The molecule has 0 bridgehead atoms. The molecule has 0 aliphatic rings. The van der Waals surface area contributed by atoms with Crippen LogP contribution in [0.5, 0.6) is 0 Å². The van der Waals surface area contributed by atoms with Crippen LogP contribution < -0.4 is 5.14 Å². The van der Waals surface area contributed by atoms with E-state index in [1.807, 2.05) is 0 Å². The van der Waals surface area contributed by atoms with Crippen molar-refractivity contribution in [2.24, 2.45) is 5.14 Å². The Morgan fingerprint density at radius 1 is 1.15 bits per heavy atom. The molecule has 7 nitrogen and oxygen atoms in total. The number of hydrogen-bond donors (Lipinski definition) is 1. The standard InChI is InChI=1S/C16H12ClN3O4S2/c17-12-3-1-2-11(8-12)14(21)9-25-16-20-19-15(24-16)10-4-6-13(7-5-10)26(18,22)23/h1-8H,9H2,(H2,18,22,23). The molecule has 0 radical (unpaired) electrons. The fraction of sp³-hybridized carbons (Fsp3) is 0.0625. The molecule has 3 aromatic rings. The molecule has 0 unspecified atom stereocenters. The maximum atomic E-state index is 12.1. The highest BCUT2D eigenvalue weighted by Crippen LogP contribution is 2.25. The van der Waals surface area contributed by atoms with E-state index in [1.165, 1.54) is 24.3 Å². The van der Waals surface area contributed by atoms with E-state index in [-0.39, 0.29) is 27.5 Å². The second-order valence-corrected chi connectivity index (χ2v) is 8.09. The van der Waals surface area contributed by atoms with Crippen molar-refractivity contribution >= 4 is 39.2 Å². The molecule has 0 aliphatic carbocycles. The summed E-state index contributed by atoms with van der Waals surface area (Å²) < 4.78 is 28.0. The largest absolute Gasteiger partial charge is 0.411 e. The molecule has 2 aromatic carbocycles. The lowest BCUT2D eigenvalue weighted by atomic mass is 10.1. The van der Waals surface area contributed by atoms with E-state index in [2.05, 4.69) is 10.2 Å². The third kappa shape index (κ3) is 4.50. The van der Waals surface area contributed by atoms with Crippen molar-refractivity contribution in [3.05, 3.63) is 59.1 Å². The number of halogens is 1. The minimum Gasteiger partial charge on any atom is -0.411 e. The Morgan fingerprint density at radius 3 is 2.54 bits per heavy atom. The van der Waals surface area contributed by atoms with Gasteiger partial charge in [0.2, 0.25) is 15.9 Å². The van der Waals surface area contributed by atoms with Crippen molar-refractivity contribution < 1.29 is 17.6 Å². The summed E-state index contributed by atoms with van der Waals surface area (Å²) in [6.07, 6.45) is 0. The highest BCUT2D eigenvalue weighted by atomic mass is 35.5. The van der Waals surface area contributed by atoms with Crippen LogP contribution in [0.3, 0.4) is 0 Å². The van der Waals surface area contributed by atoms with Crippen molar-refractivity contribution in [2.45, 2.75) is 10.1 Å². The number of ketones is 1. The van der Waals surface area contributed by atoms with Crippen molar-refractivity contribution in [1.82, 2.24) is 10.2 Å². The molecule has 0 spiro atoms. The van der Waals surface area contributed by atoms with Gasteiger partial charge in [-0.25, -0.2) is 13.6 Å². The number of nitrogens with two attached hydrogens (primary N) is 1. The summed E-state index contributed by atoms with van der Waals surface area (Å²) in [7, 11) is -3.76. The molecule has 3 rings (SSSR count). The minimum atomic E-state index is -3.76. The summed E-state index contributed by atoms with van der Waals surface area (Å²) in [6, 6.07) is 12.4. The first-order valence-corrected chi connectivity index (χ1v) is 10.1. The Kier molecular flexibility index (Phi) is 5.42. The topological polar surface area (TPSA) is 116 Å². The number of hydrogen-bond acceptors (Lipinski definition) is 7. The number of carbonyl (C=O) groups is 1. The normalized spacial score (nSPS) is 11.5. The van der Waals surface area contributed by atoms with Gasteiger partial charge in [0, 0.05) is 16.1 Å². The molecule has 0 atom stereocenters. The van der Waals surface area contributed by atoms with Crippen LogP contribution in [0.2, 0.25) is 5.02 Å². The molecule has 0 fully saturated rings. The monoisotopic (exact) mass is 409 g/mol. The molecule has 26 heavy (non-hydrogen) atoms. The van der Waals surface area contributed by atoms with Crippen molar-refractivity contribution in [2.75, 3.05) is 5.75 Å². The van der Waals surface area contributed by atoms with Crippen LogP contribution in [0.4, 0.5) is 0 Å². The van der Waals surface area contributed by atoms with E-state index in [0.717, 1.165) is 11.8 Å². The highest BCUT2D eigenvalue weighted by Gasteiger charge is 2.14. The summed E-state index contributed by atoms with van der Waals surface area (Å²) in [5.41, 5.74) is 1.04. The van der Waals surface area contributed by atoms with Gasteiger partial charge in [-0.2, -0.15) is 0 Å². The quantitative estimate of drug-likeness (QED) is 0.491. The molecule has 0 saturated carbocycles. The number of rotatable bonds is 6. The molecule has 0 saturated heterocycles. The molecule has 1 heterocycles. The van der Waals surface area contributed by atoms with Crippen LogP contribution in [0.1, 0.15) is 10.4 Å². The maximum absolute atomic E-state index is 12.1. The van der Waals surface area contributed by atoms with Gasteiger partial charge in [0.05, 0.1) is 10.6 Å². The predicted octanol–water partition coefficient (Wildman–Crippen LogP) is 3.01. The zero-order chi connectivity index (χ0) is 18.7. The van der Waals surface area contributed by atoms with E-state index in [9.17, 15) is 13.2 Å². The van der Waals surface area contributed by atoms with Gasteiger partial charge in [-0.3, -0.25) is 4.79 Å². The van der Waals surface area contributed by atoms with Gasteiger partial charge >= 0.3 is 0 Å². The summed E-state index contributed by atoms with van der Waals surface area (Å²) in [6.45, 7) is 0. The molecule has 134 valence electrons. The van der Waals surface area contributed by atoms with Gasteiger partial charge in [-0.05, 0) is 36.4 Å². The number of sulfonamides is 1. The first-order valence-electron chi connectivity index (χ1n) is 7.21. The molecular weight excluding hydrogens is 398 g/mol. The third-order valence-corrected chi connectivity index (χ3v) is 5.29. The first-order chi connectivity index (χ1) is 12.3. The van der Waals surface area contributed by atoms with Gasteiger partial charge in [-0.1, -0.05) is 35.5 Å². The molecule has 2 N–H and O–H groups in total. The molecule has 0 aliphatic heterocycles. The van der Waals surface area contributed by atoms with E-state index in [4.69, 9.17) is 21.2 Å². The van der Waals surface area contributed by atoms with Crippen LogP contribution in [-0.4, -0.2) is 30.2 Å². The zero-order valence-corrected chi connectivity index (χ0v) is 15.5. The Hall–Kier alpha value is -2.20. The molecule has 1 aromatic heterocycles. The Balaban J connectivity index is 1.67. The Bertz CT molecular complexity index is 1050. The fourth-order valence-corrected chi connectivity index (χ4v) is 3.41. The highest BCUT2D eigenvalue weighted by molar-refractivity contribution is 7.99. The number of primary sulfonamides is 1. The SMILES string of the molecule is NS(=O)(=O)c1ccc(-c2nnc(SCC(=O)c3cccc(Cl)c3)o2)cc1. The number of aromatic nitrogens is 2. The first kappa shape index (κ1) is 18.6. The van der Waals surface area contributed by atoms with E-state index in [1.54, 1.807) is 24.3 Å². The summed E-state index contributed by atoms with van der Waals surface area (Å²) in [5, 5.41) is 13.5. The lowest BCUT2D eigenvalue weighted by Crippen LogP contribution is -2.11. The summed E-state index contributed by atoms with van der Waals surface area (Å²) in [4.78, 5) is 12.1. The van der Waals surface area contributed by atoms with Crippen molar-refractivity contribution in [3.63, 3.8) is 0 Å². The van der Waals surface area contributed by atoms with Crippen LogP contribution >= 0.6 is 23.4 Å². The molecule has 0 amide bonds. The average Bonchev–Trinajstić information content (AvgIpc) is 3.08. The lowest BCUT2D eigenvalue weighted by molar-refractivity contribution is 0.102. The number of nitrogens with zero attached hydrogens (tertiary/aromatic N) is 2. The van der Waals surface area contributed by atoms with Crippen LogP contribution in [0.25, 0.3) is 11.5 Å². The predicted molar refractivity (Wildman–Crippen MR) is 97.6 cm³/mol. The van der Waals surface area contributed by atoms with Crippen molar-refractivity contribution in [1.29, 1.82) is 0 Å². The number of carbonyl (C=O) groups excluding carboxylic acids is 1. The second-order valence-electron chi connectivity index (χ2n) is 5.16.